The predicted molar refractivity (Wildman–Crippen MR) is 124 cm³/mol. The molecule has 0 saturated carbocycles. The van der Waals surface area contributed by atoms with Crippen molar-refractivity contribution >= 4 is 28.9 Å². The van der Waals surface area contributed by atoms with E-state index in [1.807, 2.05) is 56.3 Å². The zero-order valence-corrected chi connectivity index (χ0v) is 18.0. The number of nitrogens with one attached hydrogen (secondary N) is 3. The van der Waals surface area contributed by atoms with Gasteiger partial charge in [0.05, 0.1) is 18.5 Å². The van der Waals surface area contributed by atoms with Crippen molar-refractivity contribution in [3.05, 3.63) is 78.1 Å². The Morgan fingerprint density at radius 3 is 2.31 bits per heavy atom. The first kappa shape index (κ1) is 20.9. The van der Waals surface area contributed by atoms with Crippen molar-refractivity contribution in [3.63, 3.8) is 0 Å². The maximum absolute atomic E-state index is 12.3. The van der Waals surface area contributed by atoms with Crippen molar-refractivity contribution in [2.75, 3.05) is 23.1 Å². The van der Waals surface area contributed by atoms with E-state index in [4.69, 9.17) is 4.74 Å². The molecule has 0 aliphatic heterocycles. The Labute approximate surface area is 185 Å². The van der Waals surface area contributed by atoms with Gasteiger partial charge in [-0.1, -0.05) is 12.1 Å². The molecular formula is C23H23N7O2. The summed E-state index contributed by atoms with van der Waals surface area (Å²) in [4.78, 5) is 12.3. The third-order valence-corrected chi connectivity index (χ3v) is 4.65. The summed E-state index contributed by atoms with van der Waals surface area (Å²) in [6.45, 7) is 3.91. The number of methoxy groups -OCH3 is 1. The van der Waals surface area contributed by atoms with Crippen LogP contribution in [0.3, 0.4) is 0 Å². The van der Waals surface area contributed by atoms with Crippen LogP contribution in [-0.2, 0) is 0 Å². The lowest BCUT2D eigenvalue weighted by Crippen LogP contribution is -2.19. The number of hydrogen-bond donors (Lipinski definition) is 3. The van der Waals surface area contributed by atoms with Crippen molar-refractivity contribution in [2.45, 2.75) is 13.8 Å². The molecule has 162 valence electrons. The highest BCUT2D eigenvalue weighted by atomic mass is 16.5. The number of amides is 2. The number of nitrogens with zero attached hydrogens (tertiary/aromatic N) is 4. The van der Waals surface area contributed by atoms with E-state index in [2.05, 4.69) is 31.2 Å². The standard InChI is InChI=1S/C23H23N7O2/c1-15-14-16(2)30(29-15)22-13-12-21(27-28-22)24-17-8-10-18(11-9-17)25-23(31)26-19-6-4-5-7-20(19)32-3/h4-14H,1-3H3,(H,24,27)(H2,25,26,31). The Morgan fingerprint density at radius 2 is 1.66 bits per heavy atom. The molecule has 0 saturated heterocycles. The number of para-hydroxylation sites is 2. The maximum Gasteiger partial charge on any atom is 0.323 e. The molecule has 3 N–H and O–H groups in total. The molecule has 0 bridgehead atoms. The summed E-state index contributed by atoms with van der Waals surface area (Å²) in [5, 5.41) is 21.6. The number of anilines is 4. The second-order valence-electron chi connectivity index (χ2n) is 7.10. The molecule has 2 aromatic heterocycles. The van der Waals surface area contributed by atoms with E-state index in [1.54, 1.807) is 36.1 Å². The van der Waals surface area contributed by atoms with E-state index >= 15 is 0 Å². The number of rotatable bonds is 6. The molecule has 4 rings (SSSR count). The Balaban J connectivity index is 1.36. The zero-order chi connectivity index (χ0) is 22.5. The van der Waals surface area contributed by atoms with Crippen LogP contribution in [0.15, 0.2) is 66.7 Å². The second kappa shape index (κ2) is 9.17. The Bertz CT molecular complexity index is 1220. The number of ether oxygens (including phenoxy) is 1. The van der Waals surface area contributed by atoms with Crippen LogP contribution >= 0.6 is 0 Å². The lowest BCUT2D eigenvalue weighted by molar-refractivity contribution is 0.262. The summed E-state index contributed by atoms with van der Waals surface area (Å²) >= 11 is 0. The highest BCUT2D eigenvalue weighted by Crippen LogP contribution is 2.23. The molecule has 0 aliphatic rings. The van der Waals surface area contributed by atoms with Crippen LogP contribution in [0.5, 0.6) is 5.75 Å². The van der Waals surface area contributed by atoms with Crippen LogP contribution in [0.4, 0.5) is 27.7 Å². The minimum Gasteiger partial charge on any atom is -0.495 e. The number of benzene rings is 2. The van der Waals surface area contributed by atoms with Gasteiger partial charge in [-0.3, -0.25) is 0 Å². The molecule has 4 aromatic rings. The molecule has 32 heavy (non-hydrogen) atoms. The molecule has 0 aliphatic carbocycles. The first-order valence-electron chi connectivity index (χ1n) is 9.97. The molecular weight excluding hydrogens is 406 g/mol. The fraction of sp³-hybridized carbons (Fsp3) is 0.130. The lowest BCUT2D eigenvalue weighted by Gasteiger charge is -2.11. The van der Waals surface area contributed by atoms with E-state index < -0.39 is 0 Å². The van der Waals surface area contributed by atoms with Crippen molar-refractivity contribution in [2.24, 2.45) is 0 Å². The summed E-state index contributed by atoms with van der Waals surface area (Å²) < 4.78 is 6.99. The van der Waals surface area contributed by atoms with Gasteiger partial charge in [-0.25, -0.2) is 9.48 Å². The predicted octanol–water partition coefficient (Wildman–Crippen LogP) is 4.68. The highest BCUT2D eigenvalue weighted by molar-refractivity contribution is 6.00. The number of carbonyl (C=O) groups is 1. The SMILES string of the molecule is COc1ccccc1NC(=O)Nc1ccc(Nc2ccc(-n3nc(C)cc3C)nn2)cc1. The number of carbonyl (C=O) groups excluding carboxylic acids is 1. The average molecular weight is 429 g/mol. The van der Waals surface area contributed by atoms with Crippen LogP contribution in [0.25, 0.3) is 5.82 Å². The average Bonchev–Trinajstić information content (AvgIpc) is 3.14. The molecule has 2 aromatic carbocycles. The van der Waals surface area contributed by atoms with Crippen LogP contribution in [0.1, 0.15) is 11.4 Å². The Kier molecular flexibility index (Phi) is 5.98. The molecule has 0 unspecified atom stereocenters. The van der Waals surface area contributed by atoms with E-state index in [9.17, 15) is 4.79 Å². The van der Waals surface area contributed by atoms with Crippen LogP contribution < -0.4 is 20.7 Å². The van der Waals surface area contributed by atoms with Crippen molar-refractivity contribution in [3.8, 4) is 11.6 Å². The smallest absolute Gasteiger partial charge is 0.323 e. The van der Waals surface area contributed by atoms with Gasteiger partial charge >= 0.3 is 6.03 Å². The van der Waals surface area contributed by atoms with Crippen molar-refractivity contribution in [1.29, 1.82) is 0 Å². The summed E-state index contributed by atoms with van der Waals surface area (Å²) in [5.74, 6) is 1.85. The first-order valence-corrected chi connectivity index (χ1v) is 9.97. The third-order valence-electron chi connectivity index (χ3n) is 4.65. The van der Waals surface area contributed by atoms with Gasteiger partial charge in [-0.05, 0) is 68.4 Å². The van der Waals surface area contributed by atoms with E-state index in [1.165, 1.54) is 0 Å². The monoisotopic (exact) mass is 429 g/mol. The Hall–Kier alpha value is -4.40. The van der Waals surface area contributed by atoms with Crippen LogP contribution in [0.2, 0.25) is 0 Å². The van der Waals surface area contributed by atoms with E-state index in [0.717, 1.165) is 17.1 Å². The van der Waals surface area contributed by atoms with Crippen LogP contribution in [-0.4, -0.2) is 33.1 Å². The summed E-state index contributed by atoms with van der Waals surface area (Å²) in [6.07, 6.45) is 0. The quantitative estimate of drug-likeness (QED) is 0.411. The number of aryl methyl sites for hydroxylation is 2. The van der Waals surface area contributed by atoms with Crippen LogP contribution in [0, 0.1) is 13.8 Å². The number of aromatic nitrogens is 4. The number of urea groups is 1. The van der Waals surface area contributed by atoms with Crippen molar-refractivity contribution in [1.82, 2.24) is 20.0 Å². The first-order chi connectivity index (χ1) is 15.5. The fourth-order valence-electron chi connectivity index (χ4n) is 3.18. The third kappa shape index (κ3) is 4.84. The zero-order valence-electron chi connectivity index (χ0n) is 18.0. The molecule has 9 heteroatoms. The fourth-order valence-corrected chi connectivity index (χ4v) is 3.18. The molecule has 0 radical (unpaired) electrons. The van der Waals surface area contributed by atoms with Gasteiger partial charge in [0.1, 0.15) is 5.75 Å². The lowest BCUT2D eigenvalue weighted by atomic mass is 10.2. The molecule has 2 amide bonds. The molecule has 0 spiro atoms. The molecule has 0 atom stereocenters. The van der Waals surface area contributed by atoms with Gasteiger partial charge in [0, 0.05) is 17.1 Å². The maximum atomic E-state index is 12.3. The van der Waals surface area contributed by atoms with E-state index in [0.29, 0.717) is 28.8 Å². The summed E-state index contributed by atoms with van der Waals surface area (Å²) in [7, 11) is 1.56. The van der Waals surface area contributed by atoms with Gasteiger partial charge in [0.25, 0.3) is 0 Å². The van der Waals surface area contributed by atoms with Gasteiger partial charge < -0.3 is 20.7 Å². The summed E-state index contributed by atoms with van der Waals surface area (Å²) in [5.41, 5.74) is 3.98. The minimum absolute atomic E-state index is 0.360. The van der Waals surface area contributed by atoms with Gasteiger partial charge in [-0.2, -0.15) is 5.10 Å². The number of hydrogen-bond acceptors (Lipinski definition) is 6. The normalized spacial score (nSPS) is 10.5. The minimum atomic E-state index is -0.360. The molecule has 2 heterocycles. The van der Waals surface area contributed by atoms with Gasteiger partial charge in [0.15, 0.2) is 11.6 Å². The molecule has 0 fully saturated rings. The van der Waals surface area contributed by atoms with Crippen molar-refractivity contribution < 1.29 is 9.53 Å². The van der Waals surface area contributed by atoms with Gasteiger partial charge in [0.2, 0.25) is 0 Å². The molecule has 9 nitrogen and oxygen atoms in total. The Morgan fingerprint density at radius 1 is 0.906 bits per heavy atom. The highest BCUT2D eigenvalue weighted by Gasteiger charge is 2.08. The second-order valence-corrected chi connectivity index (χ2v) is 7.10. The summed E-state index contributed by atoms with van der Waals surface area (Å²) in [6, 6.07) is 19.8. The largest absolute Gasteiger partial charge is 0.495 e. The van der Waals surface area contributed by atoms with E-state index in [-0.39, 0.29) is 6.03 Å². The van der Waals surface area contributed by atoms with Gasteiger partial charge in [-0.15, -0.1) is 10.2 Å². The topological polar surface area (TPSA) is 106 Å².